The van der Waals surface area contributed by atoms with Crippen LogP contribution in [0, 0.1) is 0 Å². The molecular weight excluding hydrogens is 252 g/mol. The van der Waals surface area contributed by atoms with Gasteiger partial charge in [-0.15, -0.1) is 0 Å². The molecule has 2 aliphatic rings. The summed E-state index contributed by atoms with van der Waals surface area (Å²) in [4.78, 5) is 22.1. The highest BCUT2D eigenvalue weighted by atomic mass is 16.3. The van der Waals surface area contributed by atoms with Gasteiger partial charge in [0, 0.05) is 12.3 Å². The van der Waals surface area contributed by atoms with Gasteiger partial charge in [0.25, 0.3) is 5.56 Å². The van der Waals surface area contributed by atoms with E-state index in [9.17, 15) is 15.0 Å². The Bertz CT molecular complexity index is 572. The van der Waals surface area contributed by atoms with Crippen molar-refractivity contribution < 1.29 is 15.3 Å². The molecule has 2 aliphatic heterocycles. The van der Waals surface area contributed by atoms with Crippen LogP contribution >= 0.6 is 0 Å². The van der Waals surface area contributed by atoms with Gasteiger partial charge < -0.3 is 25.6 Å². The third kappa shape index (κ3) is 1.80. The van der Waals surface area contributed by atoms with Crippen molar-refractivity contribution in [3.63, 3.8) is 0 Å². The van der Waals surface area contributed by atoms with Crippen molar-refractivity contribution in [3.8, 4) is 0 Å². The van der Waals surface area contributed by atoms with Crippen molar-refractivity contribution in [1.29, 1.82) is 0 Å². The number of nitrogens with one attached hydrogen (secondary N) is 2. The quantitative estimate of drug-likeness (QED) is 0.406. The highest BCUT2D eigenvalue weighted by Gasteiger charge is 2.46. The van der Waals surface area contributed by atoms with E-state index in [0.29, 0.717) is 5.69 Å². The number of fused-ring (bicyclic) bond motifs is 1. The summed E-state index contributed by atoms with van der Waals surface area (Å²) >= 11 is 0. The van der Waals surface area contributed by atoms with E-state index >= 15 is 0 Å². The van der Waals surface area contributed by atoms with Gasteiger partial charge in [-0.2, -0.15) is 0 Å². The monoisotopic (exact) mass is 266 g/mol. The van der Waals surface area contributed by atoms with Crippen LogP contribution in [0.2, 0.25) is 0 Å². The van der Waals surface area contributed by atoms with Gasteiger partial charge in [-0.1, -0.05) is 0 Å². The third-order valence-electron chi connectivity index (χ3n) is 3.66. The van der Waals surface area contributed by atoms with Crippen LogP contribution < -0.4 is 10.9 Å². The van der Waals surface area contributed by atoms with Crippen molar-refractivity contribution in [2.45, 2.75) is 30.2 Å². The summed E-state index contributed by atoms with van der Waals surface area (Å²) in [5.74, 6) is -0.404. The number of aromatic amines is 1. The van der Waals surface area contributed by atoms with Crippen molar-refractivity contribution >= 4 is 11.9 Å². The van der Waals surface area contributed by atoms with Crippen LogP contribution in [0.25, 0.3) is 0 Å². The minimum absolute atomic E-state index is 0.225. The second-order valence-corrected chi connectivity index (χ2v) is 4.73. The van der Waals surface area contributed by atoms with Gasteiger partial charge in [0.2, 0.25) is 0 Å². The van der Waals surface area contributed by atoms with Gasteiger partial charge in [0.1, 0.15) is 5.69 Å². The lowest BCUT2D eigenvalue weighted by Crippen LogP contribution is -2.40. The molecule has 19 heavy (non-hydrogen) atoms. The number of nitrogens with zero attached hydrogens (tertiary/aromatic N) is 2. The molecular formula is C11H14N4O4. The van der Waals surface area contributed by atoms with Gasteiger partial charge in [0.15, 0.2) is 0 Å². The fraction of sp³-hybridized carbons (Fsp3) is 0.545. The number of hydrogen-bond acceptors (Lipinski definition) is 7. The SMILES string of the molecule is O=c1[nH]cnc2c1N=CC2[C@H]1N[C@@H](CO)[C@H](O)[C@@H]1O. The number of aliphatic imine (C=N–C) groups is 1. The molecule has 1 aromatic rings. The van der Waals surface area contributed by atoms with Crippen LogP contribution in [0.4, 0.5) is 5.69 Å². The van der Waals surface area contributed by atoms with Crippen LogP contribution in [-0.2, 0) is 0 Å². The van der Waals surface area contributed by atoms with Gasteiger partial charge in [0.05, 0.1) is 42.8 Å². The van der Waals surface area contributed by atoms with E-state index < -0.39 is 30.2 Å². The Morgan fingerprint density at radius 3 is 2.79 bits per heavy atom. The molecule has 1 saturated heterocycles. The zero-order chi connectivity index (χ0) is 13.6. The molecule has 0 bridgehead atoms. The highest BCUT2D eigenvalue weighted by Crippen LogP contribution is 2.33. The second-order valence-electron chi connectivity index (χ2n) is 4.73. The van der Waals surface area contributed by atoms with E-state index in [-0.39, 0.29) is 17.9 Å². The molecule has 0 aromatic carbocycles. The highest BCUT2D eigenvalue weighted by molar-refractivity contribution is 5.80. The molecule has 8 heteroatoms. The Labute approximate surface area is 107 Å². The average molecular weight is 266 g/mol. The molecule has 1 unspecified atom stereocenters. The third-order valence-corrected chi connectivity index (χ3v) is 3.66. The second kappa shape index (κ2) is 4.49. The predicted molar refractivity (Wildman–Crippen MR) is 65.6 cm³/mol. The summed E-state index contributed by atoms with van der Waals surface area (Å²) in [6.45, 7) is -0.283. The summed E-state index contributed by atoms with van der Waals surface area (Å²) in [6.07, 6.45) is 0.694. The number of aromatic nitrogens is 2. The maximum atomic E-state index is 11.6. The molecule has 102 valence electrons. The number of H-pyrrole nitrogens is 1. The lowest BCUT2D eigenvalue weighted by Gasteiger charge is -2.20. The first-order valence-electron chi connectivity index (χ1n) is 5.98. The Morgan fingerprint density at radius 2 is 2.11 bits per heavy atom. The molecule has 0 amide bonds. The smallest absolute Gasteiger partial charge is 0.276 e. The van der Waals surface area contributed by atoms with Crippen LogP contribution in [0.3, 0.4) is 0 Å². The normalized spacial score (nSPS) is 36.7. The lowest BCUT2D eigenvalue weighted by molar-refractivity contribution is 0.0189. The Hall–Kier alpha value is -1.61. The average Bonchev–Trinajstić information content (AvgIpc) is 2.94. The van der Waals surface area contributed by atoms with Crippen LogP contribution in [0.1, 0.15) is 11.6 Å². The van der Waals surface area contributed by atoms with Crippen LogP contribution in [0.5, 0.6) is 0 Å². The molecule has 3 heterocycles. The number of rotatable bonds is 2. The molecule has 8 nitrogen and oxygen atoms in total. The molecule has 5 atom stereocenters. The minimum Gasteiger partial charge on any atom is -0.395 e. The summed E-state index contributed by atoms with van der Waals surface area (Å²) in [6, 6.07) is -1.13. The van der Waals surface area contributed by atoms with Gasteiger partial charge in [-0.3, -0.25) is 9.79 Å². The van der Waals surface area contributed by atoms with E-state index in [1.165, 1.54) is 12.5 Å². The van der Waals surface area contributed by atoms with E-state index in [1.807, 2.05) is 0 Å². The molecule has 5 N–H and O–H groups in total. The van der Waals surface area contributed by atoms with Crippen molar-refractivity contribution in [2.75, 3.05) is 6.61 Å². The van der Waals surface area contributed by atoms with Crippen molar-refractivity contribution in [2.24, 2.45) is 4.99 Å². The van der Waals surface area contributed by atoms with Gasteiger partial charge in [-0.05, 0) is 0 Å². The molecule has 0 aliphatic carbocycles. The topological polar surface area (TPSA) is 131 Å². The molecule has 0 saturated carbocycles. The minimum atomic E-state index is -1.06. The van der Waals surface area contributed by atoms with E-state index in [0.717, 1.165) is 0 Å². The zero-order valence-corrected chi connectivity index (χ0v) is 9.89. The number of aliphatic hydroxyl groups is 3. The summed E-state index contributed by atoms with van der Waals surface area (Å²) in [5.41, 5.74) is 0.352. The fourth-order valence-corrected chi connectivity index (χ4v) is 2.63. The predicted octanol–water partition coefficient (Wildman–Crippen LogP) is -2.38. The summed E-state index contributed by atoms with van der Waals surface area (Å²) in [5, 5.41) is 31.9. The first-order valence-corrected chi connectivity index (χ1v) is 5.98. The maximum Gasteiger partial charge on any atom is 0.276 e. The summed E-state index contributed by atoms with van der Waals surface area (Å²) < 4.78 is 0. The Kier molecular flexibility index (Phi) is 2.94. The lowest BCUT2D eigenvalue weighted by atomic mass is 9.94. The Morgan fingerprint density at radius 1 is 1.32 bits per heavy atom. The molecule has 3 rings (SSSR count). The maximum absolute atomic E-state index is 11.6. The standard InChI is InChI=1S/C11H14N4O4/c16-2-5-9(17)10(18)7(15-5)4-1-12-8-6(4)13-3-14-11(8)19/h1,3-5,7,9-10,15-18H,2H2,(H,13,14,19)/t4?,5-,7+,9-,10+/m0/s1. The summed E-state index contributed by atoms with van der Waals surface area (Å²) in [7, 11) is 0. The van der Waals surface area contributed by atoms with Crippen LogP contribution in [-0.4, -0.2) is 62.4 Å². The number of hydrogen-bond donors (Lipinski definition) is 5. The van der Waals surface area contributed by atoms with Crippen LogP contribution in [0.15, 0.2) is 16.1 Å². The molecule has 0 radical (unpaired) electrons. The van der Waals surface area contributed by atoms with E-state index in [1.54, 1.807) is 0 Å². The first-order chi connectivity index (χ1) is 9.13. The van der Waals surface area contributed by atoms with E-state index in [2.05, 4.69) is 20.3 Å². The first kappa shape index (κ1) is 12.4. The molecule has 1 aromatic heterocycles. The fourth-order valence-electron chi connectivity index (χ4n) is 2.63. The van der Waals surface area contributed by atoms with Crippen molar-refractivity contribution in [3.05, 3.63) is 22.4 Å². The Balaban J connectivity index is 1.93. The zero-order valence-electron chi connectivity index (χ0n) is 9.89. The van der Waals surface area contributed by atoms with E-state index in [4.69, 9.17) is 5.11 Å². The van der Waals surface area contributed by atoms with Gasteiger partial charge >= 0.3 is 0 Å². The van der Waals surface area contributed by atoms with Gasteiger partial charge in [-0.25, -0.2) is 4.98 Å². The largest absolute Gasteiger partial charge is 0.395 e. The van der Waals surface area contributed by atoms with Crippen molar-refractivity contribution in [1.82, 2.24) is 15.3 Å². The molecule has 0 spiro atoms. The number of aliphatic hydroxyl groups excluding tert-OH is 3. The molecule has 1 fully saturated rings.